The summed E-state index contributed by atoms with van der Waals surface area (Å²) in [7, 11) is 1.52. The van der Waals surface area contributed by atoms with Gasteiger partial charge in [0.15, 0.2) is 0 Å². The number of nitrogens with zero attached hydrogens (tertiary/aromatic N) is 1. The van der Waals surface area contributed by atoms with Crippen molar-refractivity contribution in [3.05, 3.63) is 0 Å². The third kappa shape index (κ3) is 3.45. The van der Waals surface area contributed by atoms with Crippen LogP contribution in [0.25, 0.3) is 0 Å². The Balaban J connectivity index is 2.57. The summed E-state index contributed by atoms with van der Waals surface area (Å²) in [6, 6.07) is 0. The Kier molecular flexibility index (Phi) is 5.12. The quantitative estimate of drug-likeness (QED) is 0.729. The van der Waals surface area contributed by atoms with Crippen molar-refractivity contribution in [2.45, 2.75) is 26.2 Å². The molecule has 0 aromatic carbocycles. The van der Waals surface area contributed by atoms with Gasteiger partial charge in [0, 0.05) is 19.5 Å². The lowest BCUT2D eigenvalue weighted by atomic mass is 10.0. The summed E-state index contributed by atoms with van der Waals surface area (Å²) in [5.41, 5.74) is 0. The summed E-state index contributed by atoms with van der Waals surface area (Å²) in [6.45, 7) is 2.31. The number of rotatable bonds is 5. The predicted octanol–water partition coefficient (Wildman–Crippen LogP) is 0.0818. The summed E-state index contributed by atoms with van der Waals surface area (Å²) in [4.78, 5) is 35.7. The first-order chi connectivity index (χ1) is 8.49. The van der Waals surface area contributed by atoms with Gasteiger partial charge in [-0.25, -0.2) is 0 Å². The molecule has 2 atom stereocenters. The van der Waals surface area contributed by atoms with E-state index in [-0.39, 0.29) is 24.3 Å². The highest BCUT2D eigenvalue weighted by Crippen LogP contribution is 2.32. The number of carboxylic acid groups (broad SMARTS) is 1. The molecule has 0 unspecified atom stereocenters. The van der Waals surface area contributed by atoms with Crippen LogP contribution < -0.4 is 5.32 Å². The van der Waals surface area contributed by atoms with Gasteiger partial charge in [-0.3, -0.25) is 14.4 Å². The van der Waals surface area contributed by atoms with Crippen LogP contribution in [0.2, 0.25) is 0 Å². The van der Waals surface area contributed by atoms with E-state index in [0.29, 0.717) is 25.8 Å². The molecular formula is C12H20N2O4. The lowest BCUT2D eigenvalue weighted by Gasteiger charge is -2.23. The van der Waals surface area contributed by atoms with Crippen LogP contribution in [0.3, 0.4) is 0 Å². The van der Waals surface area contributed by atoms with Gasteiger partial charge in [-0.15, -0.1) is 0 Å². The Labute approximate surface area is 106 Å². The van der Waals surface area contributed by atoms with Crippen LogP contribution in [-0.2, 0) is 14.4 Å². The monoisotopic (exact) mass is 256 g/mol. The van der Waals surface area contributed by atoms with Gasteiger partial charge in [0.2, 0.25) is 11.8 Å². The summed E-state index contributed by atoms with van der Waals surface area (Å²) in [5, 5.41) is 11.4. The molecule has 6 nitrogen and oxygen atoms in total. The van der Waals surface area contributed by atoms with Gasteiger partial charge < -0.3 is 15.3 Å². The number of aliphatic carboxylic acids is 1. The SMILES string of the molecule is CCN(CC(=O)NC)C(=O)[C@@H]1CC[C@H](C(=O)O)C1. The van der Waals surface area contributed by atoms with Gasteiger partial charge in [0.05, 0.1) is 12.5 Å². The Morgan fingerprint density at radius 1 is 1.28 bits per heavy atom. The number of nitrogens with one attached hydrogen (secondary N) is 1. The molecule has 18 heavy (non-hydrogen) atoms. The van der Waals surface area contributed by atoms with Crippen molar-refractivity contribution in [3.63, 3.8) is 0 Å². The molecule has 1 aliphatic rings. The number of carbonyl (C=O) groups is 3. The smallest absolute Gasteiger partial charge is 0.306 e. The third-order valence-electron chi connectivity index (χ3n) is 3.44. The molecule has 0 bridgehead atoms. The number of carbonyl (C=O) groups excluding carboxylic acids is 2. The van der Waals surface area contributed by atoms with Crippen LogP contribution in [-0.4, -0.2) is 47.9 Å². The van der Waals surface area contributed by atoms with E-state index in [2.05, 4.69) is 5.32 Å². The molecule has 0 saturated heterocycles. The maximum atomic E-state index is 12.1. The molecule has 0 radical (unpaired) electrons. The number of carboxylic acids is 1. The molecule has 2 amide bonds. The fourth-order valence-electron chi connectivity index (χ4n) is 2.29. The molecule has 102 valence electrons. The van der Waals surface area contributed by atoms with E-state index in [0.717, 1.165) is 0 Å². The van der Waals surface area contributed by atoms with Crippen molar-refractivity contribution in [1.29, 1.82) is 0 Å². The van der Waals surface area contributed by atoms with Crippen molar-refractivity contribution in [2.24, 2.45) is 11.8 Å². The van der Waals surface area contributed by atoms with Crippen molar-refractivity contribution in [2.75, 3.05) is 20.1 Å². The van der Waals surface area contributed by atoms with E-state index in [1.54, 1.807) is 0 Å². The molecule has 1 saturated carbocycles. The standard InChI is InChI=1S/C12H20N2O4/c1-3-14(7-10(15)13-2)11(16)8-4-5-9(6-8)12(17)18/h8-9H,3-7H2,1-2H3,(H,13,15)(H,17,18)/t8-,9+/m1/s1. The van der Waals surface area contributed by atoms with Crippen molar-refractivity contribution in [3.8, 4) is 0 Å². The molecule has 1 rings (SSSR count). The summed E-state index contributed by atoms with van der Waals surface area (Å²) < 4.78 is 0. The predicted molar refractivity (Wildman–Crippen MR) is 64.8 cm³/mol. The Morgan fingerprint density at radius 3 is 2.33 bits per heavy atom. The second kappa shape index (κ2) is 6.37. The van der Waals surface area contributed by atoms with E-state index < -0.39 is 11.9 Å². The van der Waals surface area contributed by atoms with E-state index >= 15 is 0 Å². The second-order valence-electron chi connectivity index (χ2n) is 4.57. The highest BCUT2D eigenvalue weighted by atomic mass is 16.4. The molecule has 0 spiro atoms. The molecule has 0 heterocycles. The Bertz CT molecular complexity index is 343. The molecule has 1 aliphatic carbocycles. The average Bonchev–Trinajstić information content (AvgIpc) is 2.84. The van der Waals surface area contributed by atoms with Gasteiger partial charge in [-0.2, -0.15) is 0 Å². The summed E-state index contributed by atoms with van der Waals surface area (Å²) >= 11 is 0. The Morgan fingerprint density at radius 2 is 1.89 bits per heavy atom. The largest absolute Gasteiger partial charge is 0.481 e. The molecule has 0 aromatic rings. The van der Waals surface area contributed by atoms with Gasteiger partial charge in [-0.05, 0) is 26.2 Å². The topological polar surface area (TPSA) is 86.7 Å². The second-order valence-corrected chi connectivity index (χ2v) is 4.57. The maximum Gasteiger partial charge on any atom is 0.306 e. The lowest BCUT2D eigenvalue weighted by Crippen LogP contribution is -2.42. The van der Waals surface area contributed by atoms with Gasteiger partial charge in [0.25, 0.3) is 0 Å². The van der Waals surface area contributed by atoms with E-state index in [1.165, 1.54) is 11.9 Å². The molecule has 0 aliphatic heterocycles. The van der Waals surface area contributed by atoms with E-state index in [1.807, 2.05) is 6.92 Å². The first-order valence-corrected chi connectivity index (χ1v) is 6.21. The highest BCUT2D eigenvalue weighted by molar-refractivity contribution is 5.86. The molecule has 6 heteroatoms. The number of hydrogen-bond acceptors (Lipinski definition) is 3. The summed E-state index contributed by atoms with van der Waals surface area (Å²) in [5.74, 6) is -1.82. The summed E-state index contributed by atoms with van der Waals surface area (Å²) in [6.07, 6.45) is 1.53. The number of likely N-dealkylation sites (N-methyl/N-ethyl adjacent to an activating group) is 2. The van der Waals surface area contributed by atoms with Crippen LogP contribution in [0.15, 0.2) is 0 Å². The fraction of sp³-hybridized carbons (Fsp3) is 0.750. The zero-order valence-corrected chi connectivity index (χ0v) is 10.8. The normalized spacial score (nSPS) is 22.6. The molecule has 2 N–H and O–H groups in total. The van der Waals surface area contributed by atoms with Crippen molar-refractivity contribution in [1.82, 2.24) is 10.2 Å². The molecule has 0 aromatic heterocycles. The van der Waals surface area contributed by atoms with Gasteiger partial charge >= 0.3 is 5.97 Å². The Hall–Kier alpha value is -1.59. The zero-order chi connectivity index (χ0) is 13.7. The van der Waals surface area contributed by atoms with Gasteiger partial charge in [-0.1, -0.05) is 0 Å². The van der Waals surface area contributed by atoms with Crippen LogP contribution in [0.5, 0.6) is 0 Å². The van der Waals surface area contributed by atoms with Crippen molar-refractivity contribution >= 4 is 17.8 Å². The van der Waals surface area contributed by atoms with Crippen LogP contribution in [0.1, 0.15) is 26.2 Å². The minimum absolute atomic E-state index is 0.0417. The van der Waals surface area contributed by atoms with Crippen LogP contribution >= 0.6 is 0 Å². The first kappa shape index (κ1) is 14.5. The van der Waals surface area contributed by atoms with E-state index in [4.69, 9.17) is 5.11 Å². The lowest BCUT2D eigenvalue weighted by molar-refractivity contribution is -0.142. The zero-order valence-electron chi connectivity index (χ0n) is 10.8. The minimum Gasteiger partial charge on any atom is -0.481 e. The minimum atomic E-state index is -0.834. The highest BCUT2D eigenvalue weighted by Gasteiger charge is 2.35. The third-order valence-corrected chi connectivity index (χ3v) is 3.44. The fourth-order valence-corrected chi connectivity index (χ4v) is 2.29. The van der Waals surface area contributed by atoms with Crippen LogP contribution in [0.4, 0.5) is 0 Å². The first-order valence-electron chi connectivity index (χ1n) is 6.21. The average molecular weight is 256 g/mol. The van der Waals surface area contributed by atoms with E-state index in [9.17, 15) is 14.4 Å². The maximum absolute atomic E-state index is 12.1. The van der Waals surface area contributed by atoms with Crippen molar-refractivity contribution < 1.29 is 19.5 Å². The molecular weight excluding hydrogens is 236 g/mol. The van der Waals surface area contributed by atoms with Gasteiger partial charge in [0.1, 0.15) is 0 Å². The molecule has 1 fully saturated rings. The number of hydrogen-bond donors (Lipinski definition) is 2. The number of amides is 2. The van der Waals surface area contributed by atoms with Crippen LogP contribution in [0, 0.1) is 11.8 Å².